The van der Waals surface area contributed by atoms with Gasteiger partial charge in [-0.1, -0.05) is 11.3 Å². The molecular formula is C15H18FN3OS. The van der Waals surface area contributed by atoms with Crippen LogP contribution in [-0.4, -0.2) is 43.0 Å². The second-order valence-electron chi connectivity index (χ2n) is 5.63. The molecule has 1 amide bonds. The van der Waals surface area contributed by atoms with E-state index in [0.29, 0.717) is 6.54 Å². The van der Waals surface area contributed by atoms with E-state index in [-0.39, 0.29) is 17.6 Å². The van der Waals surface area contributed by atoms with Crippen LogP contribution in [0.5, 0.6) is 0 Å². The summed E-state index contributed by atoms with van der Waals surface area (Å²) in [5.41, 5.74) is 0.817. The number of aromatic nitrogens is 1. The van der Waals surface area contributed by atoms with Crippen LogP contribution < -0.4 is 4.90 Å². The van der Waals surface area contributed by atoms with Gasteiger partial charge in [-0.2, -0.15) is 0 Å². The smallest absolute Gasteiger partial charge is 0.226 e. The highest BCUT2D eigenvalue weighted by atomic mass is 32.1. The number of halogens is 1. The van der Waals surface area contributed by atoms with E-state index in [0.717, 1.165) is 34.7 Å². The molecule has 0 spiro atoms. The van der Waals surface area contributed by atoms with E-state index >= 15 is 0 Å². The molecule has 6 heteroatoms. The molecule has 1 fully saturated rings. The third-order valence-corrected chi connectivity index (χ3v) is 4.90. The van der Waals surface area contributed by atoms with Crippen LogP contribution in [0.1, 0.15) is 12.8 Å². The first kappa shape index (κ1) is 14.3. The Balaban J connectivity index is 1.83. The molecular weight excluding hydrogens is 289 g/mol. The Morgan fingerprint density at radius 2 is 2.29 bits per heavy atom. The van der Waals surface area contributed by atoms with Crippen molar-refractivity contribution in [3.8, 4) is 0 Å². The number of rotatable bonds is 2. The summed E-state index contributed by atoms with van der Waals surface area (Å²) in [4.78, 5) is 20.5. The topological polar surface area (TPSA) is 36.4 Å². The minimum Gasteiger partial charge on any atom is -0.349 e. The second kappa shape index (κ2) is 5.60. The first-order valence-corrected chi connectivity index (χ1v) is 7.88. The Morgan fingerprint density at radius 1 is 1.48 bits per heavy atom. The minimum absolute atomic E-state index is 0.0255. The first-order chi connectivity index (χ1) is 10.0. The quantitative estimate of drug-likeness (QED) is 0.856. The number of nitrogens with zero attached hydrogens (tertiary/aromatic N) is 3. The number of carbonyl (C=O) groups excluding carboxylic acids is 1. The van der Waals surface area contributed by atoms with Gasteiger partial charge in [-0.25, -0.2) is 9.37 Å². The Labute approximate surface area is 127 Å². The zero-order chi connectivity index (χ0) is 15.0. The number of carbonyl (C=O) groups is 1. The van der Waals surface area contributed by atoms with Gasteiger partial charge in [0.1, 0.15) is 5.82 Å². The molecule has 3 rings (SSSR count). The maximum Gasteiger partial charge on any atom is 0.226 e. The largest absolute Gasteiger partial charge is 0.349 e. The third kappa shape index (κ3) is 2.85. The van der Waals surface area contributed by atoms with Crippen molar-refractivity contribution in [1.29, 1.82) is 0 Å². The van der Waals surface area contributed by atoms with Crippen LogP contribution in [0.3, 0.4) is 0 Å². The van der Waals surface area contributed by atoms with Gasteiger partial charge in [-0.3, -0.25) is 4.79 Å². The molecule has 0 radical (unpaired) electrons. The average molecular weight is 307 g/mol. The van der Waals surface area contributed by atoms with E-state index in [1.807, 2.05) is 0 Å². The van der Waals surface area contributed by atoms with Crippen LogP contribution in [-0.2, 0) is 4.79 Å². The molecule has 1 aliphatic heterocycles. The van der Waals surface area contributed by atoms with E-state index < -0.39 is 0 Å². The number of thiazole rings is 1. The standard InChI is InChI=1S/C15H18FN3OS/c1-18(2)14(20)10-4-3-7-19(9-10)15-17-12-6-5-11(16)8-13(12)21-15/h5-6,8,10H,3-4,7,9H2,1-2H3. The van der Waals surface area contributed by atoms with Gasteiger partial charge >= 0.3 is 0 Å². The molecule has 1 aromatic heterocycles. The van der Waals surface area contributed by atoms with Crippen LogP contribution >= 0.6 is 11.3 Å². The third-order valence-electron chi connectivity index (χ3n) is 3.82. The highest BCUT2D eigenvalue weighted by molar-refractivity contribution is 7.22. The van der Waals surface area contributed by atoms with Crippen LogP contribution in [0.25, 0.3) is 10.2 Å². The van der Waals surface area contributed by atoms with Crippen LogP contribution in [0.2, 0.25) is 0 Å². The predicted octanol–water partition coefficient (Wildman–Crippen LogP) is 2.74. The highest BCUT2D eigenvalue weighted by Crippen LogP contribution is 2.32. The lowest BCUT2D eigenvalue weighted by atomic mass is 9.97. The second-order valence-corrected chi connectivity index (χ2v) is 6.64. The molecule has 2 heterocycles. The lowest BCUT2D eigenvalue weighted by Gasteiger charge is -2.32. The lowest BCUT2D eigenvalue weighted by molar-refractivity contribution is -0.133. The van der Waals surface area contributed by atoms with Gasteiger partial charge in [0, 0.05) is 27.2 Å². The van der Waals surface area contributed by atoms with Gasteiger partial charge in [0.25, 0.3) is 0 Å². The molecule has 0 aliphatic carbocycles. The molecule has 2 aromatic rings. The van der Waals surface area contributed by atoms with Crippen molar-refractivity contribution in [2.24, 2.45) is 5.92 Å². The highest BCUT2D eigenvalue weighted by Gasteiger charge is 2.28. The van der Waals surface area contributed by atoms with Gasteiger partial charge in [-0.05, 0) is 31.0 Å². The van der Waals surface area contributed by atoms with Crippen molar-refractivity contribution in [2.75, 3.05) is 32.1 Å². The van der Waals surface area contributed by atoms with E-state index in [4.69, 9.17) is 0 Å². The number of amides is 1. The van der Waals surface area contributed by atoms with E-state index in [9.17, 15) is 9.18 Å². The molecule has 0 saturated carbocycles. The van der Waals surface area contributed by atoms with Crippen LogP contribution in [0, 0.1) is 11.7 Å². The van der Waals surface area contributed by atoms with E-state index in [2.05, 4.69) is 9.88 Å². The van der Waals surface area contributed by atoms with Crippen molar-refractivity contribution >= 4 is 32.6 Å². The summed E-state index contributed by atoms with van der Waals surface area (Å²) in [6, 6.07) is 4.65. The molecule has 1 unspecified atom stereocenters. The van der Waals surface area contributed by atoms with Gasteiger partial charge in [0.05, 0.1) is 16.1 Å². The fourth-order valence-corrected chi connectivity index (χ4v) is 3.76. The monoisotopic (exact) mass is 307 g/mol. The summed E-state index contributed by atoms with van der Waals surface area (Å²) in [6.07, 6.45) is 1.90. The van der Waals surface area contributed by atoms with Gasteiger partial charge in [-0.15, -0.1) is 0 Å². The Morgan fingerprint density at radius 3 is 3.05 bits per heavy atom. The number of hydrogen-bond donors (Lipinski definition) is 0. The number of anilines is 1. The molecule has 1 atom stereocenters. The molecule has 21 heavy (non-hydrogen) atoms. The van der Waals surface area contributed by atoms with Crippen molar-refractivity contribution in [1.82, 2.24) is 9.88 Å². The average Bonchev–Trinajstić information content (AvgIpc) is 2.89. The lowest BCUT2D eigenvalue weighted by Crippen LogP contribution is -2.42. The van der Waals surface area contributed by atoms with Crippen molar-refractivity contribution in [3.63, 3.8) is 0 Å². The number of hydrogen-bond acceptors (Lipinski definition) is 4. The SMILES string of the molecule is CN(C)C(=O)C1CCCN(c2nc3ccc(F)cc3s2)C1. The van der Waals surface area contributed by atoms with Crippen LogP contribution in [0.15, 0.2) is 18.2 Å². The molecule has 4 nitrogen and oxygen atoms in total. The first-order valence-electron chi connectivity index (χ1n) is 7.07. The summed E-state index contributed by atoms with van der Waals surface area (Å²) >= 11 is 1.49. The Bertz CT molecular complexity index is 670. The summed E-state index contributed by atoms with van der Waals surface area (Å²) in [5.74, 6) is -0.0404. The Kier molecular flexibility index (Phi) is 3.80. The van der Waals surface area contributed by atoms with Gasteiger partial charge < -0.3 is 9.80 Å². The predicted molar refractivity (Wildman–Crippen MR) is 83.2 cm³/mol. The van der Waals surface area contributed by atoms with E-state index in [1.165, 1.54) is 23.5 Å². The van der Waals surface area contributed by atoms with Crippen molar-refractivity contribution < 1.29 is 9.18 Å². The zero-order valence-electron chi connectivity index (χ0n) is 12.2. The summed E-state index contributed by atoms with van der Waals surface area (Å²) in [7, 11) is 3.59. The fraction of sp³-hybridized carbons (Fsp3) is 0.467. The fourth-order valence-electron chi connectivity index (χ4n) is 2.74. The van der Waals surface area contributed by atoms with Gasteiger partial charge in [0.15, 0.2) is 5.13 Å². The zero-order valence-corrected chi connectivity index (χ0v) is 13.0. The normalized spacial score (nSPS) is 19.0. The molecule has 1 aliphatic rings. The van der Waals surface area contributed by atoms with Crippen molar-refractivity contribution in [3.05, 3.63) is 24.0 Å². The van der Waals surface area contributed by atoms with Crippen molar-refractivity contribution in [2.45, 2.75) is 12.8 Å². The molecule has 1 aromatic carbocycles. The van der Waals surface area contributed by atoms with E-state index in [1.54, 1.807) is 25.1 Å². The number of piperidine rings is 1. The van der Waals surface area contributed by atoms with Gasteiger partial charge in [0.2, 0.25) is 5.91 Å². The molecule has 0 N–H and O–H groups in total. The summed E-state index contributed by atoms with van der Waals surface area (Å²) in [6.45, 7) is 1.60. The molecule has 0 bridgehead atoms. The van der Waals surface area contributed by atoms with Crippen LogP contribution in [0.4, 0.5) is 9.52 Å². The summed E-state index contributed by atoms with van der Waals surface area (Å²) in [5, 5.41) is 0.881. The maximum atomic E-state index is 13.3. The minimum atomic E-state index is -0.239. The Hall–Kier alpha value is -1.69. The molecule has 1 saturated heterocycles. The molecule has 112 valence electrons. The number of benzene rings is 1. The summed E-state index contributed by atoms with van der Waals surface area (Å²) < 4.78 is 14.1. The number of fused-ring (bicyclic) bond motifs is 1. The maximum absolute atomic E-state index is 13.3.